The molecule has 0 aliphatic rings. The number of halogens is 1. The molecule has 1 unspecified atom stereocenters. The molecule has 3 rings (SSSR count). The maximum atomic E-state index is 14.6. The number of hydrogen-bond acceptors (Lipinski definition) is 4. The number of benzene rings is 2. The summed E-state index contributed by atoms with van der Waals surface area (Å²) in [6.45, 7) is 6.56. The Morgan fingerprint density at radius 2 is 1.77 bits per heavy atom. The summed E-state index contributed by atoms with van der Waals surface area (Å²) in [4.78, 5) is 18.8. The summed E-state index contributed by atoms with van der Waals surface area (Å²) in [5.74, 6) is 1.51. The molecule has 0 spiro atoms. The van der Waals surface area contributed by atoms with Crippen molar-refractivity contribution in [3.05, 3.63) is 70.0 Å². The van der Waals surface area contributed by atoms with E-state index in [-0.39, 0.29) is 17.0 Å². The molecule has 1 aromatic heterocycles. The van der Waals surface area contributed by atoms with Crippen LogP contribution in [0, 0.1) is 23.1 Å². The monoisotopic (exact) mass is 475 g/mol. The zero-order valence-corrected chi connectivity index (χ0v) is 21.3. The van der Waals surface area contributed by atoms with Crippen molar-refractivity contribution >= 4 is 0 Å². The summed E-state index contributed by atoms with van der Waals surface area (Å²) in [6.07, 6.45) is 5.01. The Morgan fingerprint density at radius 3 is 2.34 bits per heavy atom. The number of aromatic nitrogens is 2. The zero-order chi connectivity index (χ0) is 25.5. The molecule has 0 aliphatic carbocycles. The van der Waals surface area contributed by atoms with Crippen LogP contribution in [-0.4, -0.2) is 16.7 Å². The van der Waals surface area contributed by atoms with Crippen LogP contribution in [0.3, 0.4) is 0 Å². The average molecular weight is 476 g/mol. The third kappa shape index (κ3) is 5.97. The summed E-state index contributed by atoms with van der Waals surface area (Å²) >= 11 is 0. The number of nitrogens with zero attached hydrogens (tertiary/aromatic N) is 3. The highest BCUT2D eigenvalue weighted by Gasteiger charge is 2.23. The molecule has 184 valence electrons. The van der Waals surface area contributed by atoms with Crippen LogP contribution in [0.25, 0.3) is 22.4 Å². The standard InChI is InChI=1S/C29H34FN3O2/c1-6-8-21(10-7-9-19(2)3)28-32-27(22-11-12-23(18-31)25(30)17-22)26(29(34)33(28)4)20-13-15-24(35-5)16-14-20/h11-17,19,21H,6-10H2,1-5H3. The lowest BCUT2D eigenvalue weighted by Gasteiger charge is -2.22. The number of hydrogen-bond donors (Lipinski definition) is 0. The van der Waals surface area contributed by atoms with E-state index in [0.29, 0.717) is 34.1 Å². The normalized spacial score (nSPS) is 11.9. The minimum atomic E-state index is -0.628. The quantitative estimate of drug-likeness (QED) is 0.322. The van der Waals surface area contributed by atoms with Crippen LogP contribution in [0.2, 0.25) is 0 Å². The number of methoxy groups -OCH3 is 1. The maximum absolute atomic E-state index is 14.6. The minimum absolute atomic E-state index is 0.0404. The summed E-state index contributed by atoms with van der Waals surface area (Å²) < 4.78 is 21.5. The first-order chi connectivity index (χ1) is 16.8. The van der Waals surface area contributed by atoms with Gasteiger partial charge in [0.2, 0.25) is 0 Å². The van der Waals surface area contributed by atoms with Gasteiger partial charge >= 0.3 is 0 Å². The maximum Gasteiger partial charge on any atom is 0.261 e. The van der Waals surface area contributed by atoms with Gasteiger partial charge in [0.25, 0.3) is 5.56 Å². The fourth-order valence-corrected chi connectivity index (χ4v) is 4.49. The molecule has 0 saturated heterocycles. The van der Waals surface area contributed by atoms with Gasteiger partial charge < -0.3 is 4.74 Å². The molecule has 0 radical (unpaired) electrons. The van der Waals surface area contributed by atoms with Crippen LogP contribution < -0.4 is 10.3 Å². The molecule has 0 saturated carbocycles. The van der Waals surface area contributed by atoms with Crippen molar-refractivity contribution in [2.75, 3.05) is 7.11 Å². The fraction of sp³-hybridized carbons (Fsp3) is 0.414. The third-order valence-electron chi connectivity index (χ3n) is 6.40. The van der Waals surface area contributed by atoms with Crippen molar-refractivity contribution in [1.82, 2.24) is 9.55 Å². The summed E-state index contributed by atoms with van der Waals surface area (Å²) in [6, 6.07) is 13.5. The van der Waals surface area contributed by atoms with Gasteiger partial charge in [0.05, 0.1) is 23.9 Å². The molecule has 0 aliphatic heterocycles. The summed E-state index contributed by atoms with van der Waals surface area (Å²) in [7, 11) is 3.36. The molecule has 3 aromatic rings. The van der Waals surface area contributed by atoms with Crippen LogP contribution in [-0.2, 0) is 7.05 Å². The second kappa shape index (κ2) is 11.8. The molecule has 5 nitrogen and oxygen atoms in total. The van der Waals surface area contributed by atoms with Gasteiger partial charge in [-0.15, -0.1) is 0 Å². The van der Waals surface area contributed by atoms with E-state index in [1.54, 1.807) is 36.9 Å². The van der Waals surface area contributed by atoms with Crippen molar-refractivity contribution in [2.45, 2.75) is 58.8 Å². The Balaban J connectivity index is 2.23. The van der Waals surface area contributed by atoms with Crippen molar-refractivity contribution in [2.24, 2.45) is 13.0 Å². The van der Waals surface area contributed by atoms with E-state index in [4.69, 9.17) is 15.0 Å². The van der Waals surface area contributed by atoms with Gasteiger partial charge in [0.1, 0.15) is 23.5 Å². The largest absolute Gasteiger partial charge is 0.497 e. The zero-order valence-electron chi connectivity index (χ0n) is 21.3. The van der Waals surface area contributed by atoms with E-state index in [1.807, 2.05) is 18.2 Å². The second-order valence-corrected chi connectivity index (χ2v) is 9.40. The van der Waals surface area contributed by atoms with E-state index in [9.17, 15) is 9.18 Å². The predicted octanol–water partition coefficient (Wildman–Crippen LogP) is 6.84. The molecule has 0 amide bonds. The van der Waals surface area contributed by atoms with Gasteiger partial charge in [-0.25, -0.2) is 9.37 Å². The van der Waals surface area contributed by atoms with Crippen molar-refractivity contribution in [3.63, 3.8) is 0 Å². The van der Waals surface area contributed by atoms with E-state index < -0.39 is 5.82 Å². The lowest BCUT2D eigenvalue weighted by molar-refractivity contribution is 0.415. The SMILES string of the molecule is CCCC(CCCC(C)C)c1nc(-c2ccc(C#N)c(F)c2)c(-c2ccc(OC)cc2)c(=O)n1C. The number of ether oxygens (including phenoxy) is 1. The van der Waals surface area contributed by atoms with Crippen molar-refractivity contribution in [1.29, 1.82) is 5.26 Å². The third-order valence-corrected chi connectivity index (χ3v) is 6.40. The van der Waals surface area contributed by atoms with Gasteiger partial charge in [-0.05, 0) is 48.6 Å². The Labute approximate surface area is 207 Å². The molecule has 35 heavy (non-hydrogen) atoms. The van der Waals surface area contributed by atoms with Gasteiger partial charge in [-0.2, -0.15) is 5.26 Å². The highest BCUT2D eigenvalue weighted by molar-refractivity contribution is 5.80. The Hall–Kier alpha value is -3.46. The lowest BCUT2D eigenvalue weighted by Crippen LogP contribution is -2.27. The topological polar surface area (TPSA) is 67.9 Å². The fourth-order valence-electron chi connectivity index (χ4n) is 4.49. The second-order valence-electron chi connectivity index (χ2n) is 9.40. The van der Waals surface area contributed by atoms with Crippen LogP contribution >= 0.6 is 0 Å². The first-order valence-electron chi connectivity index (χ1n) is 12.3. The molecule has 0 bridgehead atoms. The molecule has 1 heterocycles. The van der Waals surface area contributed by atoms with Gasteiger partial charge in [-0.3, -0.25) is 9.36 Å². The first-order valence-corrected chi connectivity index (χ1v) is 12.3. The minimum Gasteiger partial charge on any atom is -0.497 e. The number of nitriles is 1. The van der Waals surface area contributed by atoms with Gasteiger partial charge in [-0.1, -0.05) is 58.2 Å². The Morgan fingerprint density at radius 1 is 1.09 bits per heavy atom. The highest BCUT2D eigenvalue weighted by Crippen LogP contribution is 2.33. The van der Waals surface area contributed by atoms with E-state index >= 15 is 0 Å². The molecule has 2 aromatic carbocycles. The molecule has 0 fully saturated rings. The Kier molecular flexibility index (Phi) is 8.81. The smallest absolute Gasteiger partial charge is 0.261 e. The number of rotatable bonds is 10. The lowest BCUT2D eigenvalue weighted by atomic mass is 9.92. The van der Waals surface area contributed by atoms with Crippen molar-refractivity contribution in [3.8, 4) is 34.2 Å². The molecule has 1 atom stereocenters. The predicted molar refractivity (Wildman–Crippen MR) is 138 cm³/mol. The summed E-state index contributed by atoms with van der Waals surface area (Å²) in [5, 5.41) is 9.17. The van der Waals surface area contributed by atoms with Gasteiger partial charge in [0, 0.05) is 18.5 Å². The Bertz CT molecular complexity index is 1260. The molecule has 6 heteroatoms. The molecule has 0 N–H and O–H groups in total. The van der Waals surface area contributed by atoms with Crippen LogP contribution in [0.5, 0.6) is 5.75 Å². The van der Waals surface area contributed by atoms with Crippen LogP contribution in [0.4, 0.5) is 4.39 Å². The first kappa shape index (κ1) is 26.2. The highest BCUT2D eigenvalue weighted by atomic mass is 19.1. The van der Waals surface area contributed by atoms with E-state index in [1.165, 1.54) is 12.1 Å². The molecular weight excluding hydrogens is 441 g/mol. The van der Waals surface area contributed by atoms with E-state index in [2.05, 4.69) is 20.8 Å². The van der Waals surface area contributed by atoms with Gasteiger partial charge in [0.15, 0.2) is 0 Å². The van der Waals surface area contributed by atoms with Crippen LogP contribution in [0.1, 0.15) is 70.2 Å². The van der Waals surface area contributed by atoms with Crippen molar-refractivity contribution < 1.29 is 9.13 Å². The molecular formula is C29H34FN3O2. The van der Waals surface area contributed by atoms with Crippen LogP contribution in [0.15, 0.2) is 47.3 Å². The summed E-state index contributed by atoms with van der Waals surface area (Å²) in [5.41, 5.74) is 1.77. The average Bonchev–Trinajstić information content (AvgIpc) is 2.85. The van der Waals surface area contributed by atoms with E-state index in [0.717, 1.165) is 37.9 Å².